The molecular weight excluding hydrogens is 244 g/mol. The third-order valence-electron chi connectivity index (χ3n) is 1.70. The van der Waals surface area contributed by atoms with Gasteiger partial charge in [-0.25, -0.2) is 9.59 Å². The van der Waals surface area contributed by atoms with Crippen molar-refractivity contribution in [3.63, 3.8) is 0 Å². The summed E-state index contributed by atoms with van der Waals surface area (Å²) in [7, 11) is 2.97. The number of rotatable bonds is 9. The Labute approximate surface area is 106 Å². The van der Waals surface area contributed by atoms with Crippen molar-refractivity contribution in [2.24, 2.45) is 0 Å². The van der Waals surface area contributed by atoms with Crippen molar-refractivity contribution in [3.05, 3.63) is 0 Å². The highest BCUT2D eigenvalue weighted by atomic mass is 16.6. The Kier molecular flexibility index (Phi) is 10.9. The Bertz CT molecular complexity index is 212. The molecule has 106 valence electrons. The van der Waals surface area contributed by atoms with Gasteiger partial charge in [-0.2, -0.15) is 0 Å². The van der Waals surface area contributed by atoms with Gasteiger partial charge in [0.05, 0.1) is 26.4 Å². The molecule has 0 rings (SSSR count). The summed E-state index contributed by atoms with van der Waals surface area (Å²) in [5.74, 6) is 0. The Morgan fingerprint density at radius 1 is 0.722 bits per heavy atom. The van der Waals surface area contributed by atoms with Gasteiger partial charge in [-0.05, 0) is 0 Å². The molecule has 0 aliphatic carbocycles. The van der Waals surface area contributed by atoms with Crippen molar-refractivity contribution in [2.75, 3.05) is 53.7 Å². The monoisotopic (exact) mass is 264 g/mol. The smallest absolute Gasteiger partial charge is 0.406 e. The van der Waals surface area contributed by atoms with Crippen LogP contribution >= 0.6 is 0 Å². The second-order valence-electron chi connectivity index (χ2n) is 3.00. The van der Waals surface area contributed by atoms with Crippen LogP contribution in [0.4, 0.5) is 9.59 Å². The molecule has 8 heteroatoms. The predicted molar refractivity (Wildman–Crippen MR) is 62.5 cm³/mol. The van der Waals surface area contributed by atoms with Gasteiger partial charge in [0.15, 0.2) is 0 Å². The molecule has 0 atom stereocenters. The molecule has 0 aliphatic rings. The fourth-order valence-electron chi connectivity index (χ4n) is 0.853. The fourth-order valence-corrected chi connectivity index (χ4v) is 0.853. The highest BCUT2D eigenvalue weighted by molar-refractivity contribution is 5.66. The van der Waals surface area contributed by atoms with E-state index in [9.17, 15) is 9.59 Å². The van der Waals surface area contributed by atoms with Crippen molar-refractivity contribution in [2.45, 2.75) is 0 Å². The van der Waals surface area contributed by atoms with E-state index in [0.717, 1.165) is 0 Å². The summed E-state index contributed by atoms with van der Waals surface area (Å²) in [6.45, 7) is 1.78. The standard InChI is InChI=1S/C10H20N2O6/c1-11-9(13)17-7-5-15-3-4-16-6-8-18-10(14)12-2/h3-8H2,1-2H3,(H,11,13)(H,12,14). The van der Waals surface area contributed by atoms with Crippen LogP contribution in [0.1, 0.15) is 0 Å². The molecule has 8 nitrogen and oxygen atoms in total. The van der Waals surface area contributed by atoms with Gasteiger partial charge in [-0.15, -0.1) is 0 Å². The average Bonchev–Trinajstić information content (AvgIpc) is 2.40. The van der Waals surface area contributed by atoms with Crippen LogP contribution in [0.3, 0.4) is 0 Å². The number of carbonyl (C=O) groups is 2. The average molecular weight is 264 g/mol. The molecule has 0 bridgehead atoms. The van der Waals surface area contributed by atoms with Crippen molar-refractivity contribution >= 4 is 12.2 Å². The topological polar surface area (TPSA) is 95.1 Å². The predicted octanol–water partition coefficient (Wildman–Crippen LogP) is -0.268. The molecule has 0 aromatic heterocycles. The van der Waals surface area contributed by atoms with E-state index in [4.69, 9.17) is 18.9 Å². The molecule has 0 aromatic carbocycles. The third kappa shape index (κ3) is 11.0. The summed E-state index contributed by atoms with van der Waals surface area (Å²) in [6, 6.07) is 0. The SMILES string of the molecule is CNC(=O)OCCOCCOCCOC(=O)NC. The van der Waals surface area contributed by atoms with Gasteiger partial charge in [0.1, 0.15) is 13.2 Å². The first kappa shape index (κ1) is 16.5. The van der Waals surface area contributed by atoms with Crippen molar-refractivity contribution in [1.82, 2.24) is 10.6 Å². The molecule has 0 fully saturated rings. The zero-order valence-electron chi connectivity index (χ0n) is 10.7. The first-order valence-corrected chi connectivity index (χ1v) is 5.55. The number of alkyl carbamates (subject to hydrolysis) is 2. The second-order valence-corrected chi connectivity index (χ2v) is 3.00. The zero-order chi connectivity index (χ0) is 13.6. The molecule has 0 saturated carbocycles. The lowest BCUT2D eigenvalue weighted by Gasteiger charge is -2.07. The summed E-state index contributed by atoms with van der Waals surface area (Å²) in [5, 5.41) is 4.63. The maximum atomic E-state index is 10.6. The van der Waals surface area contributed by atoms with Crippen molar-refractivity contribution < 1.29 is 28.5 Å². The molecule has 0 aromatic rings. The van der Waals surface area contributed by atoms with Gasteiger partial charge in [-0.1, -0.05) is 0 Å². The molecule has 2 amide bonds. The first-order valence-electron chi connectivity index (χ1n) is 5.55. The van der Waals surface area contributed by atoms with E-state index in [-0.39, 0.29) is 13.2 Å². The van der Waals surface area contributed by atoms with Gasteiger partial charge in [0.25, 0.3) is 0 Å². The Hall–Kier alpha value is -1.54. The Balaban J connectivity index is 3.07. The van der Waals surface area contributed by atoms with Crippen LogP contribution < -0.4 is 10.6 Å². The zero-order valence-corrected chi connectivity index (χ0v) is 10.7. The van der Waals surface area contributed by atoms with Crippen LogP contribution in [0.2, 0.25) is 0 Å². The summed E-state index contributed by atoms with van der Waals surface area (Å²) < 4.78 is 19.6. The summed E-state index contributed by atoms with van der Waals surface area (Å²) in [4.78, 5) is 21.3. The lowest BCUT2D eigenvalue weighted by atomic mass is 10.7. The summed E-state index contributed by atoms with van der Waals surface area (Å²) >= 11 is 0. The van der Waals surface area contributed by atoms with Crippen LogP contribution in [0.15, 0.2) is 0 Å². The highest BCUT2D eigenvalue weighted by Crippen LogP contribution is 1.83. The van der Waals surface area contributed by atoms with Crippen LogP contribution in [0, 0.1) is 0 Å². The number of nitrogens with one attached hydrogen (secondary N) is 2. The van der Waals surface area contributed by atoms with Crippen LogP contribution in [-0.2, 0) is 18.9 Å². The molecule has 0 heterocycles. The minimum Gasteiger partial charge on any atom is -0.447 e. The number of hydrogen-bond acceptors (Lipinski definition) is 6. The molecule has 18 heavy (non-hydrogen) atoms. The van der Waals surface area contributed by atoms with Gasteiger partial charge in [0.2, 0.25) is 0 Å². The Morgan fingerprint density at radius 2 is 1.06 bits per heavy atom. The van der Waals surface area contributed by atoms with Crippen molar-refractivity contribution in [1.29, 1.82) is 0 Å². The molecule has 0 spiro atoms. The highest BCUT2D eigenvalue weighted by Gasteiger charge is 1.98. The number of amides is 2. The minimum absolute atomic E-state index is 0.194. The lowest BCUT2D eigenvalue weighted by molar-refractivity contribution is 0.0159. The fraction of sp³-hybridized carbons (Fsp3) is 0.800. The molecule has 0 unspecified atom stereocenters. The number of ether oxygens (including phenoxy) is 4. The van der Waals surface area contributed by atoms with E-state index in [1.54, 1.807) is 0 Å². The van der Waals surface area contributed by atoms with Gasteiger partial charge in [-0.3, -0.25) is 0 Å². The van der Waals surface area contributed by atoms with E-state index in [0.29, 0.717) is 26.4 Å². The molecule has 0 radical (unpaired) electrons. The third-order valence-corrected chi connectivity index (χ3v) is 1.70. The summed E-state index contributed by atoms with van der Waals surface area (Å²) in [5.41, 5.74) is 0. The molecular formula is C10H20N2O6. The lowest BCUT2D eigenvalue weighted by Crippen LogP contribution is -2.22. The van der Waals surface area contributed by atoms with E-state index >= 15 is 0 Å². The van der Waals surface area contributed by atoms with Gasteiger partial charge in [0, 0.05) is 14.1 Å². The van der Waals surface area contributed by atoms with Gasteiger partial charge < -0.3 is 29.6 Å². The Morgan fingerprint density at radius 3 is 1.39 bits per heavy atom. The number of hydrogen-bond donors (Lipinski definition) is 2. The van der Waals surface area contributed by atoms with E-state index in [1.165, 1.54) is 14.1 Å². The number of carbonyl (C=O) groups excluding carboxylic acids is 2. The quantitative estimate of drug-likeness (QED) is 0.557. The van der Waals surface area contributed by atoms with Gasteiger partial charge >= 0.3 is 12.2 Å². The molecule has 0 aliphatic heterocycles. The maximum absolute atomic E-state index is 10.6. The van der Waals surface area contributed by atoms with E-state index < -0.39 is 12.2 Å². The summed E-state index contributed by atoms with van der Waals surface area (Å²) in [6.07, 6.45) is -0.970. The van der Waals surface area contributed by atoms with E-state index in [2.05, 4.69) is 10.6 Å². The van der Waals surface area contributed by atoms with Crippen LogP contribution in [0.5, 0.6) is 0 Å². The molecule has 0 saturated heterocycles. The van der Waals surface area contributed by atoms with Crippen molar-refractivity contribution in [3.8, 4) is 0 Å². The van der Waals surface area contributed by atoms with E-state index in [1.807, 2.05) is 0 Å². The first-order chi connectivity index (χ1) is 8.70. The second kappa shape index (κ2) is 11.9. The van der Waals surface area contributed by atoms with Crippen LogP contribution in [-0.4, -0.2) is 65.9 Å². The largest absolute Gasteiger partial charge is 0.447 e. The normalized spacial score (nSPS) is 9.67. The minimum atomic E-state index is -0.485. The maximum Gasteiger partial charge on any atom is 0.406 e. The molecule has 2 N–H and O–H groups in total. The van der Waals surface area contributed by atoms with Crippen LogP contribution in [0.25, 0.3) is 0 Å².